The van der Waals surface area contributed by atoms with E-state index in [0.29, 0.717) is 11.0 Å². The lowest BCUT2D eigenvalue weighted by atomic mass is 10.0. The minimum atomic E-state index is -0.839. The van der Waals surface area contributed by atoms with Gasteiger partial charge in [-0.3, -0.25) is 4.79 Å². The monoisotopic (exact) mass is 248 g/mol. The Labute approximate surface area is 101 Å². The molecule has 0 saturated carbocycles. The van der Waals surface area contributed by atoms with Crippen molar-refractivity contribution in [1.29, 1.82) is 0 Å². The van der Waals surface area contributed by atoms with Gasteiger partial charge in [-0.05, 0) is 13.8 Å². The molecule has 0 unspecified atom stereocenters. The second-order valence-electron chi connectivity index (χ2n) is 5.59. The van der Waals surface area contributed by atoms with E-state index in [2.05, 4.69) is 0 Å². The molecule has 1 saturated heterocycles. The molecular formula is C10H19ClN3O2+. The Bertz CT molecular complexity index is 323. The third-order valence-electron chi connectivity index (χ3n) is 2.77. The average molecular weight is 249 g/mol. The Kier molecular flexibility index (Phi) is 3.22. The van der Waals surface area contributed by atoms with E-state index in [1.165, 1.54) is 4.90 Å². The van der Waals surface area contributed by atoms with E-state index in [-0.39, 0.29) is 5.91 Å². The van der Waals surface area contributed by atoms with Gasteiger partial charge in [-0.25, -0.2) is 4.79 Å². The number of imide groups is 1. The molecule has 0 N–H and O–H groups in total. The van der Waals surface area contributed by atoms with E-state index in [9.17, 15) is 9.59 Å². The lowest BCUT2D eigenvalue weighted by Crippen LogP contribution is -2.49. The first-order chi connectivity index (χ1) is 7.07. The SMILES string of the molecule is CC1(C)C(=O)N(Cl)C(=O)N1CC[N+](C)(C)C. The molecule has 0 spiro atoms. The number of hydrogen-bond acceptors (Lipinski definition) is 2. The summed E-state index contributed by atoms with van der Waals surface area (Å²) in [6.07, 6.45) is 0. The van der Waals surface area contributed by atoms with Crippen LogP contribution in [0.15, 0.2) is 0 Å². The topological polar surface area (TPSA) is 40.6 Å². The number of likely N-dealkylation sites (N-methyl/N-ethyl adjacent to an activating group) is 1. The molecule has 0 aliphatic carbocycles. The van der Waals surface area contributed by atoms with Crippen molar-refractivity contribution in [2.45, 2.75) is 19.4 Å². The highest BCUT2D eigenvalue weighted by atomic mass is 35.5. The van der Waals surface area contributed by atoms with Gasteiger partial charge in [0.1, 0.15) is 5.54 Å². The molecular weight excluding hydrogens is 230 g/mol. The van der Waals surface area contributed by atoms with Crippen LogP contribution < -0.4 is 0 Å². The second-order valence-corrected chi connectivity index (χ2v) is 5.93. The number of carbonyl (C=O) groups excluding carboxylic acids is 2. The molecule has 1 rings (SSSR count). The van der Waals surface area contributed by atoms with E-state index in [0.717, 1.165) is 11.0 Å². The molecule has 0 aromatic rings. The largest absolute Gasteiger partial charge is 0.342 e. The fraction of sp³-hybridized carbons (Fsp3) is 0.800. The lowest BCUT2D eigenvalue weighted by molar-refractivity contribution is -0.869. The Hall–Kier alpha value is -0.810. The van der Waals surface area contributed by atoms with Crippen LogP contribution in [0.25, 0.3) is 0 Å². The van der Waals surface area contributed by atoms with Crippen molar-refractivity contribution in [2.75, 3.05) is 34.2 Å². The third kappa shape index (κ3) is 2.30. The van der Waals surface area contributed by atoms with E-state index in [4.69, 9.17) is 11.8 Å². The van der Waals surface area contributed by atoms with Gasteiger partial charge < -0.3 is 9.38 Å². The Morgan fingerprint density at radius 3 is 2.06 bits per heavy atom. The quantitative estimate of drug-likeness (QED) is 0.423. The molecule has 1 aliphatic heterocycles. The van der Waals surface area contributed by atoms with Crippen LogP contribution in [0.1, 0.15) is 13.8 Å². The number of nitrogens with zero attached hydrogens (tertiary/aromatic N) is 3. The van der Waals surface area contributed by atoms with Gasteiger partial charge in [-0.15, -0.1) is 0 Å². The first kappa shape index (κ1) is 13.3. The van der Waals surface area contributed by atoms with Crippen molar-refractivity contribution < 1.29 is 14.1 Å². The normalized spacial score (nSPS) is 20.9. The van der Waals surface area contributed by atoms with Crippen molar-refractivity contribution in [2.24, 2.45) is 0 Å². The standard InChI is InChI=1S/C10H19ClN3O2/c1-10(2)8(15)13(11)9(16)12(10)6-7-14(3,4)5/h6-7H2,1-5H3/q+1. The van der Waals surface area contributed by atoms with Crippen molar-refractivity contribution >= 4 is 23.7 Å². The van der Waals surface area contributed by atoms with Crippen LogP contribution in [-0.2, 0) is 4.79 Å². The zero-order valence-corrected chi connectivity index (χ0v) is 11.2. The highest BCUT2D eigenvalue weighted by molar-refractivity contribution is 6.33. The number of hydrogen-bond donors (Lipinski definition) is 0. The minimum Gasteiger partial charge on any atom is -0.329 e. The number of urea groups is 1. The minimum absolute atomic E-state index is 0.361. The molecule has 1 fully saturated rings. The molecule has 1 heterocycles. The molecule has 0 aromatic heterocycles. The van der Waals surface area contributed by atoms with Gasteiger partial charge in [0.05, 0.1) is 34.2 Å². The first-order valence-electron chi connectivity index (χ1n) is 5.20. The van der Waals surface area contributed by atoms with E-state index >= 15 is 0 Å². The van der Waals surface area contributed by atoms with Gasteiger partial charge in [0.2, 0.25) is 0 Å². The molecule has 3 amide bonds. The molecule has 0 atom stereocenters. The van der Waals surface area contributed by atoms with Gasteiger partial charge in [0, 0.05) is 11.8 Å². The summed E-state index contributed by atoms with van der Waals surface area (Å²) in [5, 5.41) is 0. The zero-order valence-electron chi connectivity index (χ0n) is 10.5. The van der Waals surface area contributed by atoms with Crippen LogP contribution in [0.4, 0.5) is 4.79 Å². The van der Waals surface area contributed by atoms with Gasteiger partial charge in [-0.2, -0.15) is 4.42 Å². The predicted octanol–water partition coefficient (Wildman–Crippen LogP) is 0.889. The number of quaternary nitrogens is 1. The maximum atomic E-state index is 11.7. The Balaban J connectivity index is 2.80. The molecule has 0 aromatic carbocycles. The van der Waals surface area contributed by atoms with Gasteiger partial charge in [0.25, 0.3) is 5.91 Å². The maximum Gasteiger partial charge on any atom is 0.342 e. The van der Waals surface area contributed by atoms with E-state index < -0.39 is 11.6 Å². The molecule has 6 heteroatoms. The number of amides is 3. The van der Waals surface area contributed by atoms with E-state index in [1.54, 1.807) is 13.8 Å². The molecule has 92 valence electrons. The Morgan fingerprint density at radius 1 is 1.25 bits per heavy atom. The summed E-state index contributed by atoms with van der Waals surface area (Å²) < 4.78 is 1.41. The zero-order chi connectivity index (χ0) is 12.7. The van der Waals surface area contributed by atoms with Crippen molar-refractivity contribution in [1.82, 2.24) is 9.32 Å². The highest BCUT2D eigenvalue weighted by Gasteiger charge is 2.51. The second kappa shape index (κ2) is 3.89. The summed E-state index contributed by atoms with van der Waals surface area (Å²) in [7, 11) is 6.11. The van der Waals surface area contributed by atoms with Crippen LogP contribution >= 0.6 is 11.8 Å². The Morgan fingerprint density at radius 2 is 1.75 bits per heavy atom. The summed E-state index contributed by atoms with van der Waals surface area (Å²) in [5.41, 5.74) is -0.839. The third-order valence-corrected chi connectivity index (χ3v) is 3.07. The van der Waals surface area contributed by atoms with Crippen LogP contribution in [0.2, 0.25) is 0 Å². The predicted molar refractivity (Wildman–Crippen MR) is 61.8 cm³/mol. The summed E-state index contributed by atoms with van der Waals surface area (Å²) in [6.45, 7) is 4.72. The molecule has 0 radical (unpaired) electrons. The van der Waals surface area contributed by atoms with Gasteiger partial charge >= 0.3 is 6.03 Å². The highest BCUT2D eigenvalue weighted by Crippen LogP contribution is 2.28. The van der Waals surface area contributed by atoms with Crippen LogP contribution in [0, 0.1) is 0 Å². The summed E-state index contributed by atoms with van der Waals surface area (Å²) in [4.78, 5) is 25.0. The first-order valence-corrected chi connectivity index (χ1v) is 5.53. The molecule has 1 aliphatic rings. The van der Waals surface area contributed by atoms with Crippen molar-refractivity contribution in [3.63, 3.8) is 0 Å². The lowest BCUT2D eigenvalue weighted by Gasteiger charge is -2.31. The van der Waals surface area contributed by atoms with Crippen LogP contribution in [0.3, 0.4) is 0 Å². The van der Waals surface area contributed by atoms with Gasteiger partial charge in [-0.1, -0.05) is 0 Å². The van der Waals surface area contributed by atoms with Crippen molar-refractivity contribution in [3.8, 4) is 0 Å². The summed E-state index contributed by atoms with van der Waals surface area (Å²) in [5.74, 6) is -0.361. The summed E-state index contributed by atoms with van der Waals surface area (Å²) in [6, 6.07) is -0.426. The fourth-order valence-electron chi connectivity index (χ4n) is 1.56. The van der Waals surface area contributed by atoms with Crippen LogP contribution in [-0.4, -0.2) is 65.5 Å². The smallest absolute Gasteiger partial charge is 0.329 e. The molecule has 0 bridgehead atoms. The van der Waals surface area contributed by atoms with Gasteiger partial charge in [0.15, 0.2) is 0 Å². The number of rotatable bonds is 3. The van der Waals surface area contributed by atoms with E-state index in [1.807, 2.05) is 21.1 Å². The fourth-order valence-corrected chi connectivity index (χ4v) is 1.86. The number of halogens is 1. The average Bonchev–Trinajstić information content (AvgIpc) is 2.25. The van der Waals surface area contributed by atoms with Crippen molar-refractivity contribution in [3.05, 3.63) is 0 Å². The number of carbonyl (C=O) groups is 2. The van der Waals surface area contributed by atoms with Crippen LogP contribution in [0.5, 0.6) is 0 Å². The summed E-state index contributed by atoms with van der Waals surface area (Å²) >= 11 is 5.63. The molecule has 16 heavy (non-hydrogen) atoms. The molecule has 5 nitrogen and oxygen atoms in total. The maximum absolute atomic E-state index is 11.7.